The quantitative estimate of drug-likeness (QED) is 0.886. The van der Waals surface area contributed by atoms with Crippen LogP contribution in [0.4, 0.5) is 5.00 Å². The molecule has 18 heavy (non-hydrogen) atoms. The first kappa shape index (κ1) is 14.0. The van der Waals surface area contributed by atoms with Crippen molar-refractivity contribution in [1.82, 2.24) is 0 Å². The lowest BCUT2D eigenvalue weighted by molar-refractivity contribution is -0.121. The van der Waals surface area contributed by atoms with E-state index in [1.54, 1.807) is 11.3 Å². The number of halogens is 1. The van der Waals surface area contributed by atoms with E-state index in [2.05, 4.69) is 21.2 Å². The van der Waals surface area contributed by atoms with Gasteiger partial charge in [0.25, 0.3) is 0 Å². The van der Waals surface area contributed by atoms with Crippen molar-refractivity contribution in [2.24, 2.45) is 17.6 Å². The predicted octanol–water partition coefficient (Wildman–Crippen LogP) is 3.60. The molecule has 3 nitrogen and oxygen atoms in total. The first-order valence-electron chi connectivity index (χ1n) is 6.45. The summed E-state index contributed by atoms with van der Waals surface area (Å²) in [7, 11) is 0. The van der Waals surface area contributed by atoms with E-state index in [1.165, 1.54) is 0 Å². The van der Waals surface area contributed by atoms with Gasteiger partial charge in [0.05, 0.1) is 8.79 Å². The van der Waals surface area contributed by atoms with E-state index in [-0.39, 0.29) is 11.8 Å². The molecule has 1 saturated carbocycles. The first-order valence-corrected chi connectivity index (χ1v) is 8.06. The number of thiophene rings is 1. The van der Waals surface area contributed by atoms with Gasteiger partial charge in [0.15, 0.2) is 0 Å². The van der Waals surface area contributed by atoms with Crippen molar-refractivity contribution in [3.05, 3.63) is 15.9 Å². The summed E-state index contributed by atoms with van der Waals surface area (Å²) in [6.45, 7) is 0.769. The molecule has 1 aromatic heterocycles. The Morgan fingerprint density at radius 3 is 2.67 bits per heavy atom. The zero-order valence-electron chi connectivity index (χ0n) is 10.3. The molecular formula is C13H19BrN2OS. The van der Waals surface area contributed by atoms with Crippen LogP contribution in [0, 0.1) is 11.8 Å². The fraction of sp³-hybridized carbons (Fsp3) is 0.615. The van der Waals surface area contributed by atoms with Gasteiger partial charge < -0.3 is 11.1 Å². The standard InChI is InChI=1S/C13H19BrN2OS/c14-11-5-6-12(18-11)16-13(17)10-3-1-9(2-4-10)7-8-15/h5-6,9-10H,1-4,7-8,15H2,(H,16,17). The highest BCUT2D eigenvalue weighted by Crippen LogP contribution is 2.32. The van der Waals surface area contributed by atoms with E-state index >= 15 is 0 Å². The number of anilines is 1. The number of carbonyl (C=O) groups excluding carboxylic acids is 1. The second-order valence-electron chi connectivity index (χ2n) is 4.89. The lowest BCUT2D eigenvalue weighted by atomic mass is 9.80. The van der Waals surface area contributed by atoms with Crippen molar-refractivity contribution in [3.63, 3.8) is 0 Å². The molecule has 5 heteroatoms. The van der Waals surface area contributed by atoms with Gasteiger partial charge in [0.2, 0.25) is 5.91 Å². The van der Waals surface area contributed by atoms with E-state index in [1.807, 2.05) is 12.1 Å². The van der Waals surface area contributed by atoms with E-state index in [0.29, 0.717) is 0 Å². The third kappa shape index (κ3) is 3.80. The van der Waals surface area contributed by atoms with Gasteiger partial charge in [0, 0.05) is 5.92 Å². The highest BCUT2D eigenvalue weighted by molar-refractivity contribution is 9.11. The van der Waals surface area contributed by atoms with Crippen LogP contribution < -0.4 is 11.1 Å². The molecule has 1 fully saturated rings. The minimum absolute atomic E-state index is 0.176. The van der Waals surface area contributed by atoms with Crippen LogP contribution in [-0.2, 0) is 4.79 Å². The first-order chi connectivity index (χ1) is 8.69. The molecule has 1 aromatic rings. The fourth-order valence-electron chi connectivity index (χ4n) is 2.55. The van der Waals surface area contributed by atoms with Gasteiger partial charge in [-0.1, -0.05) is 0 Å². The normalized spacial score (nSPS) is 23.9. The molecule has 0 aromatic carbocycles. The van der Waals surface area contributed by atoms with E-state index < -0.39 is 0 Å². The van der Waals surface area contributed by atoms with Gasteiger partial charge in [-0.15, -0.1) is 11.3 Å². The Hall–Kier alpha value is -0.390. The molecule has 100 valence electrons. The largest absolute Gasteiger partial charge is 0.330 e. The number of nitrogens with one attached hydrogen (secondary N) is 1. The van der Waals surface area contributed by atoms with Gasteiger partial charge in [-0.3, -0.25) is 4.79 Å². The number of carbonyl (C=O) groups is 1. The van der Waals surface area contributed by atoms with Gasteiger partial charge in [-0.25, -0.2) is 0 Å². The summed E-state index contributed by atoms with van der Waals surface area (Å²) in [4.78, 5) is 12.1. The molecule has 0 atom stereocenters. The average molecular weight is 331 g/mol. The third-order valence-corrected chi connectivity index (χ3v) is 5.15. The van der Waals surface area contributed by atoms with Crippen molar-refractivity contribution in [2.75, 3.05) is 11.9 Å². The van der Waals surface area contributed by atoms with E-state index in [0.717, 1.165) is 53.4 Å². The molecule has 0 saturated heterocycles. The summed E-state index contributed by atoms with van der Waals surface area (Å²) in [6.07, 6.45) is 5.39. The Kier molecular flexibility index (Phi) is 5.21. The van der Waals surface area contributed by atoms with Crippen molar-refractivity contribution < 1.29 is 4.79 Å². The highest BCUT2D eigenvalue weighted by Gasteiger charge is 2.26. The van der Waals surface area contributed by atoms with E-state index in [4.69, 9.17) is 5.73 Å². The topological polar surface area (TPSA) is 55.1 Å². The molecule has 1 aliphatic carbocycles. The Morgan fingerprint density at radius 2 is 2.11 bits per heavy atom. The predicted molar refractivity (Wildman–Crippen MR) is 79.8 cm³/mol. The number of hydrogen-bond donors (Lipinski definition) is 2. The zero-order chi connectivity index (χ0) is 13.0. The molecule has 1 amide bonds. The maximum absolute atomic E-state index is 12.1. The summed E-state index contributed by atoms with van der Waals surface area (Å²) < 4.78 is 1.05. The van der Waals surface area contributed by atoms with Gasteiger partial charge in [-0.2, -0.15) is 0 Å². The average Bonchev–Trinajstić information content (AvgIpc) is 2.76. The maximum atomic E-state index is 12.1. The fourth-order valence-corrected chi connectivity index (χ4v) is 3.84. The molecule has 0 unspecified atom stereocenters. The van der Waals surface area contributed by atoms with Crippen LogP contribution in [0.5, 0.6) is 0 Å². The molecule has 1 heterocycles. The van der Waals surface area contributed by atoms with Crippen molar-refractivity contribution in [2.45, 2.75) is 32.1 Å². The summed E-state index contributed by atoms with van der Waals surface area (Å²) in [5, 5.41) is 3.93. The lowest BCUT2D eigenvalue weighted by Crippen LogP contribution is -2.27. The Labute approximate surface area is 120 Å². The van der Waals surface area contributed by atoms with Crippen LogP contribution in [-0.4, -0.2) is 12.5 Å². The number of amides is 1. The van der Waals surface area contributed by atoms with Crippen LogP contribution in [0.15, 0.2) is 15.9 Å². The van der Waals surface area contributed by atoms with E-state index in [9.17, 15) is 4.79 Å². The van der Waals surface area contributed by atoms with Crippen LogP contribution in [0.2, 0.25) is 0 Å². The summed E-state index contributed by atoms with van der Waals surface area (Å²) in [5.41, 5.74) is 5.58. The lowest BCUT2D eigenvalue weighted by Gasteiger charge is -2.27. The molecule has 0 radical (unpaired) electrons. The van der Waals surface area contributed by atoms with Crippen molar-refractivity contribution in [3.8, 4) is 0 Å². The number of hydrogen-bond acceptors (Lipinski definition) is 3. The monoisotopic (exact) mass is 330 g/mol. The Bertz CT molecular complexity index is 399. The van der Waals surface area contributed by atoms with Crippen LogP contribution in [0.3, 0.4) is 0 Å². The molecule has 0 aliphatic heterocycles. The minimum atomic E-state index is 0.176. The second-order valence-corrected chi connectivity index (χ2v) is 7.35. The van der Waals surface area contributed by atoms with Crippen molar-refractivity contribution in [1.29, 1.82) is 0 Å². The zero-order valence-corrected chi connectivity index (χ0v) is 12.7. The summed E-state index contributed by atoms with van der Waals surface area (Å²) in [6, 6.07) is 3.89. The number of rotatable bonds is 4. The van der Waals surface area contributed by atoms with Gasteiger partial charge in [-0.05, 0) is 72.6 Å². The Balaban J connectivity index is 1.80. The molecule has 2 rings (SSSR count). The van der Waals surface area contributed by atoms with Gasteiger partial charge in [0.1, 0.15) is 0 Å². The molecule has 1 aliphatic rings. The molecule has 3 N–H and O–H groups in total. The molecule has 0 bridgehead atoms. The number of nitrogens with two attached hydrogens (primary N) is 1. The molecular weight excluding hydrogens is 312 g/mol. The smallest absolute Gasteiger partial charge is 0.228 e. The second kappa shape index (κ2) is 6.68. The summed E-state index contributed by atoms with van der Waals surface area (Å²) >= 11 is 4.96. The summed E-state index contributed by atoms with van der Waals surface area (Å²) in [5.74, 6) is 1.09. The van der Waals surface area contributed by atoms with Gasteiger partial charge >= 0.3 is 0 Å². The minimum Gasteiger partial charge on any atom is -0.330 e. The SMILES string of the molecule is NCCC1CCC(C(=O)Nc2ccc(Br)s2)CC1. The van der Waals surface area contributed by atoms with Crippen LogP contribution >= 0.6 is 27.3 Å². The van der Waals surface area contributed by atoms with Crippen LogP contribution in [0.25, 0.3) is 0 Å². The maximum Gasteiger partial charge on any atom is 0.228 e. The molecule has 0 spiro atoms. The third-order valence-electron chi connectivity index (χ3n) is 3.61. The van der Waals surface area contributed by atoms with Crippen LogP contribution in [0.1, 0.15) is 32.1 Å². The Morgan fingerprint density at radius 1 is 1.39 bits per heavy atom. The van der Waals surface area contributed by atoms with Crippen molar-refractivity contribution >= 4 is 38.2 Å². The highest BCUT2D eigenvalue weighted by atomic mass is 79.9.